The summed E-state index contributed by atoms with van der Waals surface area (Å²) in [7, 11) is 0. The molecule has 0 bridgehead atoms. The molecule has 3 nitrogen and oxygen atoms in total. The number of nitrogens with zero attached hydrogens (tertiary/aromatic N) is 2. The zero-order valence-corrected chi connectivity index (χ0v) is 11.9. The van der Waals surface area contributed by atoms with E-state index in [2.05, 4.69) is 31.0 Å². The van der Waals surface area contributed by atoms with Gasteiger partial charge in [-0.05, 0) is 30.6 Å². The summed E-state index contributed by atoms with van der Waals surface area (Å²) in [6, 6.07) is 0. The average molecular weight is 253 g/mol. The third-order valence-electron chi connectivity index (χ3n) is 2.86. The summed E-state index contributed by atoms with van der Waals surface area (Å²) in [5, 5.41) is 9.70. The Kier molecular flexibility index (Phi) is 6.52. The molecule has 1 heterocycles. The van der Waals surface area contributed by atoms with Gasteiger partial charge in [-0.3, -0.25) is 0 Å². The van der Waals surface area contributed by atoms with Gasteiger partial charge in [0.15, 0.2) is 0 Å². The number of rotatable bonds is 7. The van der Waals surface area contributed by atoms with E-state index in [0.29, 0.717) is 6.54 Å². The highest BCUT2D eigenvalue weighted by molar-refractivity contribution is 7.99. The standard InChI is InChI=1S/C13H23N3S/c1-4-7-8-17-13-11(9-14)10(5-2)12(6-3)15-16-13/h4-9,14H2,1-3H3. The number of thioether (sulfide) groups is 1. The van der Waals surface area contributed by atoms with Gasteiger partial charge >= 0.3 is 0 Å². The number of aryl methyl sites for hydroxylation is 1. The van der Waals surface area contributed by atoms with Crippen LogP contribution in [0.15, 0.2) is 5.03 Å². The highest BCUT2D eigenvalue weighted by Crippen LogP contribution is 2.25. The fourth-order valence-electron chi connectivity index (χ4n) is 1.87. The van der Waals surface area contributed by atoms with Crippen LogP contribution in [0, 0.1) is 0 Å². The highest BCUT2D eigenvalue weighted by Gasteiger charge is 2.13. The second-order valence-corrected chi connectivity index (χ2v) is 5.11. The summed E-state index contributed by atoms with van der Waals surface area (Å²) in [5.41, 5.74) is 9.50. The first kappa shape index (κ1) is 14.5. The van der Waals surface area contributed by atoms with Crippen LogP contribution in [0.4, 0.5) is 0 Å². The quantitative estimate of drug-likeness (QED) is 0.599. The minimum absolute atomic E-state index is 0.570. The topological polar surface area (TPSA) is 51.8 Å². The maximum absolute atomic E-state index is 5.87. The van der Waals surface area contributed by atoms with E-state index in [0.717, 1.165) is 29.3 Å². The molecule has 0 unspecified atom stereocenters. The Morgan fingerprint density at radius 1 is 1.06 bits per heavy atom. The molecule has 1 aromatic rings. The minimum Gasteiger partial charge on any atom is -0.326 e. The molecule has 0 aliphatic rings. The molecule has 17 heavy (non-hydrogen) atoms. The second kappa shape index (κ2) is 7.67. The molecule has 0 aromatic carbocycles. The fourth-order valence-corrected chi connectivity index (χ4v) is 2.98. The summed E-state index contributed by atoms with van der Waals surface area (Å²) in [6.07, 6.45) is 4.36. The van der Waals surface area contributed by atoms with E-state index < -0.39 is 0 Å². The van der Waals surface area contributed by atoms with E-state index in [1.165, 1.54) is 24.0 Å². The Labute approximate surface area is 109 Å². The van der Waals surface area contributed by atoms with Crippen molar-refractivity contribution < 1.29 is 0 Å². The smallest absolute Gasteiger partial charge is 0.124 e. The number of unbranched alkanes of at least 4 members (excludes halogenated alkanes) is 1. The molecule has 0 aliphatic heterocycles. The maximum atomic E-state index is 5.87. The first-order valence-corrected chi connectivity index (χ1v) is 7.47. The van der Waals surface area contributed by atoms with Crippen LogP contribution in [0.3, 0.4) is 0 Å². The number of hydrogen-bond donors (Lipinski definition) is 1. The second-order valence-electron chi connectivity index (χ2n) is 4.02. The summed E-state index contributed by atoms with van der Waals surface area (Å²) in [6.45, 7) is 7.05. The fraction of sp³-hybridized carbons (Fsp3) is 0.692. The lowest BCUT2D eigenvalue weighted by atomic mass is 10.0. The summed E-state index contributed by atoms with van der Waals surface area (Å²) < 4.78 is 0. The summed E-state index contributed by atoms with van der Waals surface area (Å²) in [5.74, 6) is 1.10. The van der Waals surface area contributed by atoms with E-state index in [-0.39, 0.29) is 0 Å². The van der Waals surface area contributed by atoms with Crippen LogP contribution in [-0.4, -0.2) is 16.0 Å². The number of hydrogen-bond acceptors (Lipinski definition) is 4. The van der Waals surface area contributed by atoms with Gasteiger partial charge in [0.2, 0.25) is 0 Å². The molecule has 0 radical (unpaired) electrons. The zero-order valence-electron chi connectivity index (χ0n) is 11.1. The average Bonchev–Trinajstić information content (AvgIpc) is 2.38. The molecule has 4 heteroatoms. The van der Waals surface area contributed by atoms with Crippen LogP contribution in [-0.2, 0) is 19.4 Å². The van der Waals surface area contributed by atoms with Crippen molar-refractivity contribution in [2.75, 3.05) is 5.75 Å². The molecule has 0 aliphatic carbocycles. The van der Waals surface area contributed by atoms with Gasteiger partial charge in [0.25, 0.3) is 0 Å². The normalized spacial score (nSPS) is 10.8. The van der Waals surface area contributed by atoms with E-state index in [1.807, 2.05) is 0 Å². The Hall–Kier alpha value is -0.610. The van der Waals surface area contributed by atoms with Crippen molar-refractivity contribution >= 4 is 11.8 Å². The molecular weight excluding hydrogens is 230 g/mol. The van der Waals surface area contributed by atoms with Gasteiger partial charge in [-0.15, -0.1) is 16.9 Å². The molecule has 0 saturated carbocycles. The molecule has 0 amide bonds. The monoisotopic (exact) mass is 253 g/mol. The van der Waals surface area contributed by atoms with Crippen molar-refractivity contribution in [2.45, 2.75) is 58.0 Å². The van der Waals surface area contributed by atoms with Crippen LogP contribution in [0.5, 0.6) is 0 Å². The number of aromatic nitrogens is 2. The number of nitrogens with two attached hydrogens (primary N) is 1. The maximum Gasteiger partial charge on any atom is 0.124 e. The third-order valence-corrected chi connectivity index (χ3v) is 3.96. The molecule has 0 spiro atoms. The Morgan fingerprint density at radius 3 is 2.35 bits per heavy atom. The minimum atomic E-state index is 0.570. The Balaban J connectivity index is 2.97. The predicted molar refractivity (Wildman–Crippen MR) is 74.3 cm³/mol. The zero-order chi connectivity index (χ0) is 12.7. The first-order valence-electron chi connectivity index (χ1n) is 6.48. The van der Waals surface area contributed by atoms with Gasteiger partial charge < -0.3 is 5.73 Å². The summed E-state index contributed by atoms with van der Waals surface area (Å²) >= 11 is 1.79. The van der Waals surface area contributed by atoms with Gasteiger partial charge in [-0.2, -0.15) is 5.10 Å². The van der Waals surface area contributed by atoms with E-state index in [9.17, 15) is 0 Å². The van der Waals surface area contributed by atoms with Crippen molar-refractivity contribution in [2.24, 2.45) is 5.73 Å². The Bertz CT molecular complexity index is 353. The van der Waals surface area contributed by atoms with Gasteiger partial charge in [0.1, 0.15) is 5.03 Å². The summed E-state index contributed by atoms with van der Waals surface area (Å²) in [4.78, 5) is 0. The van der Waals surface area contributed by atoms with Gasteiger partial charge in [0.05, 0.1) is 5.69 Å². The largest absolute Gasteiger partial charge is 0.326 e. The van der Waals surface area contributed by atoms with Crippen LogP contribution in [0.2, 0.25) is 0 Å². The van der Waals surface area contributed by atoms with Gasteiger partial charge in [0, 0.05) is 12.1 Å². The molecule has 1 rings (SSSR count). The lowest BCUT2D eigenvalue weighted by Gasteiger charge is -2.13. The van der Waals surface area contributed by atoms with Crippen molar-refractivity contribution in [3.05, 3.63) is 16.8 Å². The lowest BCUT2D eigenvalue weighted by molar-refractivity contribution is 0.780. The molecule has 0 saturated heterocycles. The molecule has 2 N–H and O–H groups in total. The van der Waals surface area contributed by atoms with Crippen LogP contribution in [0.25, 0.3) is 0 Å². The molecule has 0 fully saturated rings. The van der Waals surface area contributed by atoms with Crippen molar-refractivity contribution in [1.29, 1.82) is 0 Å². The van der Waals surface area contributed by atoms with Gasteiger partial charge in [-0.25, -0.2) is 0 Å². The van der Waals surface area contributed by atoms with E-state index >= 15 is 0 Å². The SMILES string of the molecule is CCCCSc1nnc(CC)c(CC)c1CN. The van der Waals surface area contributed by atoms with E-state index in [4.69, 9.17) is 5.73 Å². The third kappa shape index (κ3) is 3.68. The first-order chi connectivity index (χ1) is 8.28. The molecule has 1 aromatic heterocycles. The van der Waals surface area contributed by atoms with Crippen molar-refractivity contribution in [3.63, 3.8) is 0 Å². The van der Waals surface area contributed by atoms with E-state index in [1.54, 1.807) is 11.8 Å². The van der Waals surface area contributed by atoms with Crippen molar-refractivity contribution in [3.8, 4) is 0 Å². The van der Waals surface area contributed by atoms with Crippen LogP contribution < -0.4 is 5.73 Å². The van der Waals surface area contributed by atoms with Crippen LogP contribution in [0.1, 0.15) is 50.4 Å². The van der Waals surface area contributed by atoms with Crippen molar-refractivity contribution in [1.82, 2.24) is 10.2 Å². The lowest BCUT2D eigenvalue weighted by Crippen LogP contribution is -2.10. The Morgan fingerprint density at radius 2 is 1.82 bits per heavy atom. The molecular formula is C13H23N3S. The predicted octanol–water partition coefficient (Wildman–Crippen LogP) is 2.95. The highest BCUT2D eigenvalue weighted by atomic mass is 32.2. The van der Waals surface area contributed by atoms with Gasteiger partial charge in [-0.1, -0.05) is 27.2 Å². The van der Waals surface area contributed by atoms with Crippen LogP contribution >= 0.6 is 11.8 Å². The molecule has 0 atom stereocenters. The molecule has 96 valence electrons.